The Morgan fingerprint density at radius 3 is 2.84 bits per heavy atom. The fourth-order valence-corrected chi connectivity index (χ4v) is 3.45. The molecule has 1 aromatic carbocycles. The Labute approximate surface area is 148 Å². The molecule has 7 heteroatoms. The third-order valence-electron chi connectivity index (χ3n) is 4.42. The van der Waals surface area contributed by atoms with Crippen LogP contribution in [0.2, 0.25) is 5.28 Å². The van der Waals surface area contributed by atoms with Crippen molar-refractivity contribution < 1.29 is 0 Å². The Balaban J connectivity index is 1.72. The van der Waals surface area contributed by atoms with E-state index in [1.807, 2.05) is 22.8 Å². The van der Waals surface area contributed by atoms with E-state index in [2.05, 4.69) is 43.0 Å². The van der Waals surface area contributed by atoms with Gasteiger partial charge in [0.15, 0.2) is 17.0 Å². The van der Waals surface area contributed by atoms with E-state index in [-0.39, 0.29) is 5.28 Å². The minimum Gasteiger partial charge on any atom is -0.324 e. The average Bonchev–Trinajstić information content (AvgIpc) is 3.26. The largest absolute Gasteiger partial charge is 0.324 e. The second kappa shape index (κ2) is 5.53. The number of hydrogen-bond acceptors (Lipinski definition) is 5. The Morgan fingerprint density at radius 2 is 1.96 bits per heavy atom. The number of fused-ring (bicyclic) bond motifs is 2. The number of imidazole rings is 1. The van der Waals surface area contributed by atoms with Crippen molar-refractivity contribution in [3.8, 4) is 5.69 Å². The van der Waals surface area contributed by atoms with Crippen LogP contribution in [0.25, 0.3) is 16.9 Å². The summed E-state index contributed by atoms with van der Waals surface area (Å²) in [6, 6.07) is 12.2. The second-order valence-corrected chi connectivity index (χ2v) is 6.18. The number of para-hydroxylation sites is 1. The molecule has 0 N–H and O–H groups in total. The second-order valence-electron chi connectivity index (χ2n) is 5.84. The molecule has 0 saturated carbocycles. The molecule has 25 heavy (non-hydrogen) atoms. The molecule has 122 valence electrons. The molecule has 5 rings (SSSR count). The summed E-state index contributed by atoms with van der Waals surface area (Å²) >= 11 is 6.24. The van der Waals surface area contributed by atoms with E-state index in [9.17, 15) is 0 Å². The Morgan fingerprint density at radius 1 is 1.04 bits per heavy atom. The number of nitrogens with zero attached hydrogens (tertiary/aromatic N) is 6. The maximum absolute atomic E-state index is 6.24. The van der Waals surface area contributed by atoms with Gasteiger partial charge in [-0.25, -0.2) is 4.98 Å². The number of benzene rings is 1. The predicted molar refractivity (Wildman–Crippen MR) is 96.6 cm³/mol. The number of rotatable bonds is 2. The van der Waals surface area contributed by atoms with Gasteiger partial charge in [-0.15, -0.1) is 0 Å². The maximum Gasteiger partial charge on any atom is 0.226 e. The Kier molecular flexibility index (Phi) is 3.18. The average molecular weight is 349 g/mol. The highest BCUT2D eigenvalue weighted by Gasteiger charge is 2.25. The van der Waals surface area contributed by atoms with Gasteiger partial charge in [0.25, 0.3) is 0 Å². The Hall–Kier alpha value is -2.99. The molecular formula is C18H13ClN6. The van der Waals surface area contributed by atoms with Crippen LogP contribution in [0.4, 0.5) is 11.5 Å². The summed E-state index contributed by atoms with van der Waals surface area (Å²) in [4.78, 5) is 19.8. The van der Waals surface area contributed by atoms with E-state index in [0.29, 0.717) is 5.65 Å². The lowest BCUT2D eigenvalue weighted by molar-refractivity contribution is 0.970. The smallest absolute Gasteiger partial charge is 0.226 e. The van der Waals surface area contributed by atoms with E-state index in [0.717, 1.165) is 35.7 Å². The van der Waals surface area contributed by atoms with Gasteiger partial charge in [0.2, 0.25) is 5.28 Å². The molecular weight excluding hydrogens is 336 g/mol. The monoisotopic (exact) mass is 348 g/mol. The highest BCUT2D eigenvalue weighted by molar-refractivity contribution is 6.28. The standard InChI is InChI=1S/C18H13ClN6/c19-18-22-16(24-9-7-12-4-1-2-6-14(12)24)15-17(23-18)25(11-21-15)13-5-3-8-20-10-13/h1-6,8,10-11H,7,9H2. The van der Waals surface area contributed by atoms with Crippen molar-refractivity contribution in [2.24, 2.45) is 0 Å². The molecule has 1 aliphatic heterocycles. The summed E-state index contributed by atoms with van der Waals surface area (Å²) in [6.07, 6.45) is 6.21. The first-order valence-electron chi connectivity index (χ1n) is 7.98. The van der Waals surface area contributed by atoms with E-state index >= 15 is 0 Å². The fraction of sp³-hybridized carbons (Fsp3) is 0.111. The van der Waals surface area contributed by atoms with Crippen molar-refractivity contribution in [3.05, 3.63) is 66.0 Å². The molecule has 0 amide bonds. The van der Waals surface area contributed by atoms with Crippen LogP contribution in [0.1, 0.15) is 5.56 Å². The topological polar surface area (TPSA) is 59.7 Å². The van der Waals surface area contributed by atoms with Crippen LogP contribution in [-0.4, -0.2) is 31.0 Å². The molecule has 0 fully saturated rings. The summed E-state index contributed by atoms with van der Waals surface area (Å²) in [6.45, 7) is 0.849. The summed E-state index contributed by atoms with van der Waals surface area (Å²) in [5.41, 5.74) is 4.73. The van der Waals surface area contributed by atoms with Crippen LogP contribution in [0.5, 0.6) is 0 Å². The minimum atomic E-state index is 0.206. The van der Waals surface area contributed by atoms with E-state index in [4.69, 9.17) is 11.6 Å². The van der Waals surface area contributed by atoms with E-state index in [1.165, 1.54) is 5.56 Å². The van der Waals surface area contributed by atoms with Crippen LogP contribution >= 0.6 is 11.6 Å². The molecule has 0 aliphatic carbocycles. The van der Waals surface area contributed by atoms with Crippen LogP contribution in [0.15, 0.2) is 55.1 Å². The molecule has 4 aromatic rings. The number of halogens is 1. The highest BCUT2D eigenvalue weighted by atomic mass is 35.5. The van der Waals surface area contributed by atoms with Gasteiger partial charge in [-0.1, -0.05) is 18.2 Å². The predicted octanol–water partition coefficient (Wildman–Crippen LogP) is 3.56. The van der Waals surface area contributed by atoms with Gasteiger partial charge in [0.1, 0.15) is 6.33 Å². The molecule has 0 atom stereocenters. The number of aromatic nitrogens is 5. The lowest BCUT2D eigenvalue weighted by atomic mass is 10.2. The van der Waals surface area contributed by atoms with Gasteiger partial charge >= 0.3 is 0 Å². The first-order chi connectivity index (χ1) is 12.3. The quantitative estimate of drug-likeness (QED) is 0.518. The highest BCUT2D eigenvalue weighted by Crippen LogP contribution is 2.36. The summed E-state index contributed by atoms with van der Waals surface area (Å²) in [5.74, 6) is 0.739. The van der Waals surface area contributed by atoms with Crippen LogP contribution in [0.3, 0.4) is 0 Å². The fourth-order valence-electron chi connectivity index (χ4n) is 3.29. The third kappa shape index (κ3) is 2.26. The Bertz CT molecular complexity index is 1080. The summed E-state index contributed by atoms with van der Waals surface area (Å²) < 4.78 is 1.88. The van der Waals surface area contributed by atoms with Gasteiger partial charge in [-0.05, 0) is 41.8 Å². The normalized spacial score (nSPS) is 13.4. The molecule has 4 heterocycles. The van der Waals surface area contributed by atoms with Crippen molar-refractivity contribution in [1.82, 2.24) is 24.5 Å². The van der Waals surface area contributed by atoms with Gasteiger partial charge in [0.05, 0.1) is 11.9 Å². The minimum absolute atomic E-state index is 0.206. The third-order valence-corrected chi connectivity index (χ3v) is 4.59. The molecule has 0 bridgehead atoms. The van der Waals surface area contributed by atoms with Crippen molar-refractivity contribution in [2.45, 2.75) is 6.42 Å². The lowest BCUT2D eigenvalue weighted by Crippen LogP contribution is -2.16. The first-order valence-corrected chi connectivity index (χ1v) is 8.35. The number of hydrogen-bond donors (Lipinski definition) is 0. The zero-order valence-corrected chi connectivity index (χ0v) is 13.9. The van der Waals surface area contributed by atoms with Crippen LogP contribution in [-0.2, 0) is 6.42 Å². The van der Waals surface area contributed by atoms with Crippen molar-refractivity contribution in [2.75, 3.05) is 11.4 Å². The maximum atomic E-state index is 6.24. The molecule has 0 saturated heterocycles. The van der Waals surface area contributed by atoms with Crippen molar-refractivity contribution in [3.63, 3.8) is 0 Å². The molecule has 0 spiro atoms. The zero-order valence-electron chi connectivity index (χ0n) is 13.2. The van der Waals surface area contributed by atoms with Crippen LogP contribution < -0.4 is 4.90 Å². The molecule has 1 aliphatic rings. The van der Waals surface area contributed by atoms with E-state index in [1.54, 1.807) is 18.7 Å². The number of pyridine rings is 1. The summed E-state index contributed by atoms with van der Waals surface area (Å²) in [5, 5.41) is 0.206. The molecule has 3 aromatic heterocycles. The van der Waals surface area contributed by atoms with Crippen LogP contribution in [0, 0.1) is 0 Å². The zero-order chi connectivity index (χ0) is 16.8. The molecule has 0 unspecified atom stereocenters. The van der Waals surface area contributed by atoms with Gasteiger partial charge in [-0.2, -0.15) is 9.97 Å². The van der Waals surface area contributed by atoms with Crippen molar-refractivity contribution in [1.29, 1.82) is 0 Å². The van der Waals surface area contributed by atoms with Gasteiger partial charge < -0.3 is 4.90 Å². The van der Waals surface area contributed by atoms with Gasteiger partial charge in [0, 0.05) is 18.4 Å². The van der Waals surface area contributed by atoms with Crippen molar-refractivity contribution >= 4 is 34.3 Å². The molecule has 6 nitrogen and oxygen atoms in total. The first kappa shape index (κ1) is 14.4. The van der Waals surface area contributed by atoms with E-state index < -0.39 is 0 Å². The SMILES string of the molecule is Clc1nc(N2CCc3ccccc32)c2ncn(-c3cccnc3)c2n1. The number of anilines is 2. The lowest BCUT2D eigenvalue weighted by Gasteiger charge is -2.18. The summed E-state index contributed by atoms with van der Waals surface area (Å²) in [7, 11) is 0. The van der Waals surface area contributed by atoms with Gasteiger partial charge in [-0.3, -0.25) is 9.55 Å². The molecule has 0 radical (unpaired) electrons.